The normalized spacial score (nSPS) is 18.7. The van der Waals surface area contributed by atoms with Crippen LogP contribution in [0.15, 0.2) is 36.5 Å². The van der Waals surface area contributed by atoms with E-state index in [9.17, 15) is 9.59 Å². The number of nitrogens with zero attached hydrogens (tertiary/aromatic N) is 2. The third-order valence-electron chi connectivity index (χ3n) is 6.61. The first kappa shape index (κ1) is 22.2. The van der Waals surface area contributed by atoms with Gasteiger partial charge in [-0.05, 0) is 62.2 Å². The number of amides is 1. The Morgan fingerprint density at radius 3 is 2.85 bits per heavy atom. The lowest BCUT2D eigenvalue weighted by molar-refractivity contribution is 0.0490. The summed E-state index contributed by atoms with van der Waals surface area (Å²) in [6, 6.07) is 9.03. The molecule has 5 rings (SSSR count). The summed E-state index contributed by atoms with van der Waals surface area (Å²) in [6.07, 6.45) is 3.48. The number of H-pyrrole nitrogens is 1. The van der Waals surface area contributed by atoms with Gasteiger partial charge in [-0.1, -0.05) is 0 Å². The summed E-state index contributed by atoms with van der Waals surface area (Å²) in [5.74, 6) is 1.89. The highest BCUT2D eigenvalue weighted by Gasteiger charge is 2.28. The molecule has 0 spiro atoms. The number of rotatable bonds is 6. The van der Waals surface area contributed by atoms with Crippen molar-refractivity contribution >= 4 is 28.4 Å². The van der Waals surface area contributed by atoms with Crippen molar-refractivity contribution < 1.29 is 19.1 Å². The van der Waals surface area contributed by atoms with Gasteiger partial charge in [-0.2, -0.15) is 0 Å². The summed E-state index contributed by atoms with van der Waals surface area (Å²) >= 11 is 0. The van der Waals surface area contributed by atoms with Crippen LogP contribution >= 0.6 is 0 Å². The van der Waals surface area contributed by atoms with E-state index in [0.717, 1.165) is 43.4 Å². The number of nitrogen functional groups attached to an aromatic ring is 1. The van der Waals surface area contributed by atoms with E-state index < -0.39 is 0 Å². The molecular formula is C25H29N5O4. The number of fused-ring (bicyclic) bond motifs is 3. The molecule has 9 heteroatoms. The Balaban J connectivity index is 1.13. The number of ketones is 1. The monoisotopic (exact) mass is 463 g/mol. The number of hydrogen-bond donors (Lipinski definition) is 3. The van der Waals surface area contributed by atoms with Crippen LogP contribution in [0.25, 0.3) is 10.9 Å². The Bertz CT molecular complexity index is 1220. The van der Waals surface area contributed by atoms with Gasteiger partial charge in [0.05, 0.1) is 11.3 Å². The second-order valence-electron chi connectivity index (χ2n) is 9.03. The Hall–Kier alpha value is -3.59. The predicted octanol–water partition coefficient (Wildman–Crippen LogP) is 2.63. The second kappa shape index (κ2) is 9.34. The van der Waals surface area contributed by atoms with Gasteiger partial charge >= 0.3 is 0 Å². The molecule has 2 aromatic heterocycles. The van der Waals surface area contributed by atoms with Crippen molar-refractivity contribution in [1.82, 2.24) is 20.2 Å². The number of aromatic nitrogens is 2. The van der Waals surface area contributed by atoms with Crippen molar-refractivity contribution in [1.29, 1.82) is 0 Å². The Morgan fingerprint density at radius 2 is 2.09 bits per heavy atom. The maximum Gasteiger partial charge on any atom is 0.255 e. The molecule has 1 saturated heterocycles. The summed E-state index contributed by atoms with van der Waals surface area (Å²) in [5, 5.41) is 3.87. The number of nitrogens with two attached hydrogens (primary N) is 1. The van der Waals surface area contributed by atoms with E-state index >= 15 is 0 Å². The molecule has 4 N–H and O–H groups in total. The van der Waals surface area contributed by atoms with Crippen LogP contribution in [0.2, 0.25) is 0 Å². The summed E-state index contributed by atoms with van der Waals surface area (Å²) in [4.78, 5) is 33.6. The average molecular weight is 464 g/mol. The van der Waals surface area contributed by atoms with Crippen LogP contribution in [-0.4, -0.2) is 65.4 Å². The van der Waals surface area contributed by atoms with E-state index in [1.807, 2.05) is 18.2 Å². The van der Waals surface area contributed by atoms with E-state index in [-0.39, 0.29) is 23.6 Å². The van der Waals surface area contributed by atoms with Crippen LogP contribution in [0.3, 0.4) is 0 Å². The van der Waals surface area contributed by atoms with Gasteiger partial charge in [-0.15, -0.1) is 0 Å². The molecule has 1 amide bonds. The molecule has 1 unspecified atom stereocenters. The fourth-order valence-corrected chi connectivity index (χ4v) is 4.66. The van der Waals surface area contributed by atoms with Crippen LogP contribution in [0.1, 0.15) is 40.6 Å². The van der Waals surface area contributed by atoms with Crippen LogP contribution < -0.4 is 20.5 Å². The Kier molecular flexibility index (Phi) is 6.10. The maximum atomic E-state index is 12.4. The molecule has 1 fully saturated rings. The molecule has 4 heterocycles. The zero-order valence-electron chi connectivity index (χ0n) is 19.2. The van der Waals surface area contributed by atoms with Gasteiger partial charge in [0, 0.05) is 37.1 Å². The van der Waals surface area contributed by atoms with Crippen molar-refractivity contribution in [2.75, 3.05) is 38.5 Å². The first-order valence-corrected chi connectivity index (χ1v) is 11.6. The number of piperidine rings is 1. The second-order valence-corrected chi connectivity index (χ2v) is 9.03. The molecule has 0 saturated carbocycles. The zero-order chi connectivity index (χ0) is 23.7. The number of likely N-dealkylation sites (tertiary alicyclic amines) is 1. The summed E-state index contributed by atoms with van der Waals surface area (Å²) < 4.78 is 12.3. The third kappa shape index (κ3) is 4.56. The van der Waals surface area contributed by atoms with Crippen LogP contribution in [0.4, 0.5) is 5.82 Å². The molecule has 178 valence electrons. The molecule has 0 radical (unpaired) electrons. The molecular weight excluding hydrogens is 434 g/mol. The molecule has 2 aliphatic rings. The number of hydrogen-bond acceptors (Lipinski definition) is 7. The number of aromatic amines is 1. The molecule has 0 bridgehead atoms. The maximum absolute atomic E-state index is 12.4. The number of anilines is 1. The zero-order valence-corrected chi connectivity index (χ0v) is 19.2. The first-order valence-electron chi connectivity index (χ1n) is 11.6. The number of benzene rings is 1. The van der Waals surface area contributed by atoms with Gasteiger partial charge in [0.15, 0.2) is 17.3 Å². The van der Waals surface area contributed by atoms with Gasteiger partial charge in [-0.25, -0.2) is 4.98 Å². The van der Waals surface area contributed by atoms with Gasteiger partial charge in [0.1, 0.15) is 18.5 Å². The third-order valence-corrected chi connectivity index (χ3v) is 6.61. The van der Waals surface area contributed by atoms with E-state index in [1.54, 1.807) is 25.3 Å². The van der Waals surface area contributed by atoms with Gasteiger partial charge < -0.3 is 25.5 Å². The standard InChI is InChI=1S/C25H29N5O4/c1-15(31)21-11-19-20(29-21)4-5-22-23(19)34-17(14-33-22)13-30-9-6-16(7-10-30)12-28-25(32)18-3-2-8-27-24(18)26/h2-5,8,11,16-17,29H,6-7,9-10,12-14H2,1H3,(H2,26,27)(H,28,32). The minimum Gasteiger partial charge on any atom is -0.486 e. The lowest BCUT2D eigenvalue weighted by atomic mass is 9.96. The van der Waals surface area contributed by atoms with E-state index in [1.165, 1.54) is 0 Å². The smallest absolute Gasteiger partial charge is 0.255 e. The first-order chi connectivity index (χ1) is 16.5. The van der Waals surface area contributed by atoms with Gasteiger partial charge in [0.2, 0.25) is 0 Å². The van der Waals surface area contributed by atoms with Crippen molar-refractivity contribution in [3.63, 3.8) is 0 Å². The van der Waals surface area contributed by atoms with Gasteiger partial charge in [-0.3, -0.25) is 14.5 Å². The lowest BCUT2D eigenvalue weighted by Crippen LogP contribution is -2.45. The highest BCUT2D eigenvalue weighted by molar-refractivity contribution is 6.00. The van der Waals surface area contributed by atoms with E-state index in [2.05, 4.69) is 20.2 Å². The lowest BCUT2D eigenvalue weighted by Gasteiger charge is -2.35. The van der Waals surface area contributed by atoms with Crippen molar-refractivity contribution in [2.45, 2.75) is 25.9 Å². The van der Waals surface area contributed by atoms with E-state index in [0.29, 0.717) is 41.8 Å². The fourth-order valence-electron chi connectivity index (χ4n) is 4.66. The number of ether oxygens (including phenoxy) is 2. The van der Waals surface area contributed by atoms with Crippen molar-refractivity contribution in [3.8, 4) is 11.5 Å². The minimum absolute atomic E-state index is 0.0128. The van der Waals surface area contributed by atoms with E-state index in [4.69, 9.17) is 15.2 Å². The average Bonchev–Trinajstić information content (AvgIpc) is 3.29. The summed E-state index contributed by atoms with van der Waals surface area (Å²) in [5.41, 5.74) is 7.64. The Labute approximate surface area is 197 Å². The number of pyridine rings is 1. The van der Waals surface area contributed by atoms with Crippen LogP contribution in [0, 0.1) is 5.92 Å². The molecule has 34 heavy (non-hydrogen) atoms. The predicted molar refractivity (Wildman–Crippen MR) is 128 cm³/mol. The largest absolute Gasteiger partial charge is 0.486 e. The van der Waals surface area contributed by atoms with Gasteiger partial charge in [0.25, 0.3) is 5.91 Å². The molecule has 9 nitrogen and oxygen atoms in total. The molecule has 1 atom stereocenters. The minimum atomic E-state index is -0.177. The molecule has 3 aromatic rings. The highest BCUT2D eigenvalue weighted by Crippen LogP contribution is 2.39. The number of nitrogens with one attached hydrogen (secondary N) is 2. The molecule has 2 aliphatic heterocycles. The number of carbonyl (C=O) groups excluding carboxylic acids is 2. The van der Waals surface area contributed by atoms with Crippen LogP contribution in [0.5, 0.6) is 11.5 Å². The van der Waals surface area contributed by atoms with Crippen molar-refractivity contribution in [3.05, 3.63) is 47.8 Å². The fraction of sp³-hybridized carbons (Fsp3) is 0.400. The molecule has 0 aliphatic carbocycles. The SMILES string of the molecule is CC(=O)c1cc2c3c(ccc2[nH]1)OCC(CN1CCC(CNC(=O)c2cccnc2N)CC1)O3. The summed E-state index contributed by atoms with van der Waals surface area (Å²) in [6.45, 7) is 5.30. The topological polar surface area (TPSA) is 123 Å². The number of carbonyl (C=O) groups is 2. The Morgan fingerprint density at radius 1 is 1.26 bits per heavy atom. The van der Waals surface area contributed by atoms with Crippen LogP contribution in [-0.2, 0) is 0 Å². The summed E-state index contributed by atoms with van der Waals surface area (Å²) in [7, 11) is 0. The van der Waals surface area contributed by atoms with Crippen molar-refractivity contribution in [2.24, 2.45) is 5.92 Å². The molecule has 1 aromatic carbocycles. The highest BCUT2D eigenvalue weighted by atomic mass is 16.6. The number of Topliss-reactive ketones (excluding diaryl/α,β-unsaturated/α-hetero) is 1. The quantitative estimate of drug-likeness (QED) is 0.480.